The van der Waals surface area contributed by atoms with Gasteiger partial charge in [-0.3, -0.25) is 0 Å². The molecule has 0 aliphatic carbocycles. The monoisotopic (exact) mass is 335 g/mol. The molecule has 0 aliphatic heterocycles. The van der Waals surface area contributed by atoms with E-state index in [0.29, 0.717) is 12.1 Å². The van der Waals surface area contributed by atoms with Crippen LogP contribution < -0.4 is 5.32 Å². The summed E-state index contributed by atoms with van der Waals surface area (Å²) in [6, 6.07) is 13.6. The molecule has 3 heteroatoms. The Morgan fingerprint density at radius 1 is 1.10 bits per heavy atom. The molecule has 0 unspecified atom stereocenters. The van der Waals surface area contributed by atoms with E-state index in [0.717, 1.165) is 10.0 Å². The van der Waals surface area contributed by atoms with E-state index in [9.17, 15) is 4.39 Å². The molecule has 0 amide bonds. The lowest BCUT2D eigenvalue weighted by molar-refractivity contribution is 0.400. The second-order valence-electron chi connectivity index (χ2n) is 5.57. The third kappa shape index (κ3) is 3.68. The van der Waals surface area contributed by atoms with Crippen LogP contribution in [-0.2, 0) is 12.1 Å². The van der Waals surface area contributed by atoms with Gasteiger partial charge in [-0.25, -0.2) is 4.39 Å². The molecule has 0 spiro atoms. The molecule has 0 saturated carbocycles. The van der Waals surface area contributed by atoms with E-state index in [1.807, 2.05) is 24.3 Å². The highest BCUT2D eigenvalue weighted by Crippen LogP contribution is 2.23. The molecule has 20 heavy (non-hydrogen) atoms. The van der Waals surface area contributed by atoms with Crippen molar-refractivity contribution in [3.63, 3.8) is 0 Å². The zero-order valence-corrected chi connectivity index (χ0v) is 13.6. The summed E-state index contributed by atoms with van der Waals surface area (Å²) in [4.78, 5) is 0. The number of benzene rings is 2. The molecule has 0 atom stereocenters. The number of aryl methyl sites for hydroxylation is 1. The molecule has 1 N–H and O–H groups in total. The predicted octanol–water partition coefficient (Wildman–Crippen LogP) is 4.92. The smallest absolute Gasteiger partial charge is 0.126 e. The highest BCUT2D eigenvalue weighted by atomic mass is 79.9. The molecule has 106 valence electrons. The van der Waals surface area contributed by atoms with Crippen LogP contribution in [0.2, 0.25) is 0 Å². The maximum Gasteiger partial charge on any atom is 0.126 e. The van der Waals surface area contributed by atoms with Gasteiger partial charge in [-0.15, -0.1) is 0 Å². The van der Waals surface area contributed by atoms with Crippen molar-refractivity contribution in [2.45, 2.75) is 32.9 Å². The van der Waals surface area contributed by atoms with Gasteiger partial charge in [0.25, 0.3) is 0 Å². The van der Waals surface area contributed by atoms with Crippen molar-refractivity contribution in [3.05, 3.63) is 69.4 Å². The largest absolute Gasteiger partial charge is 0.304 e. The summed E-state index contributed by atoms with van der Waals surface area (Å²) in [5.74, 6) is -0.147. The Labute approximate surface area is 128 Å². The Kier molecular flexibility index (Phi) is 4.61. The number of hydrogen-bond donors (Lipinski definition) is 1. The SMILES string of the molecule is Cc1ccc(CNC(C)(C)c2ccc(Br)cc2)cc1F. The summed E-state index contributed by atoms with van der Waals surface area (Å²) in [5.41, 5.74) is 2.68. The van der Waals surface area contributed by atoms with Crippen molar-refractivity contribution in [2.75, 3.05) is 0 Å². The number of halogens is 2. The molecule has 0 aromatic heterocycles. The van der Waals surface area contributed by atoms with Gasteiger partial charge < -0.3 is 5.32 Å². The first-order valence-electron chi connectivity index (χ1n) is 6.64. The lowest BCUT2D eigenvalue weighted by Gasteiger charge is -2.27. The van der Waals surface area contributed by atoms with E-state index in [2.05, 4.69) is 47.2 Å². The normalized spacial score (nSPS) is 11.7. The zero-order valence-electron chi connectivity index (χ0n) is 12.0. The first-order valence-corrected chi connectivity index (χ1v) is 7.44. The van der Waals surface area contributed by atoms with Crippen LogP contribution in [-0.4, -0.2) is 0 Å². The molecular formula is C17H19BrFN. The summed E-state index contributed by atoms with van der Waals surface area (Å²) in [6.45, 7) is 6.67. The molecule has 0 saturated heterocycles. The van der Waals surface area contributed by atoms with Crippen molar-refractivity contribution in [2.24, 2.45) is 0 Å². The van der Waals surface area contributed by atoms with Gasteiger partial charge in [0, 0.05) is 16.6 Å². The van der Waals surface area contributed by atoms with Gasteiger partial charge in [0.05, 0.1) is 0 Å². The van der Waals surface area contributed by atoms with Gasteiger partial charge >= 0.3 is 0 Å². The van der Waals surface area contributed by atoms with Crippen LogP contribution >= 0.6 is 15.9 Å². The average Bonchev–Trinajstić information content (AvgIpc) is 2.41. The number of nitrogens with one attached hydrogen (secondary N) is 1. The van der Waals surface area contributed by atoms with Gasteiger partial charge in [0.1, 0.15) is 5.82 Å². The summed E-state index contributed by atoms with van der Waals surface area (Å²) in [7, 11) is 0. The van der Waals surface area contributed by atoms with Gasteiger partial charge in [-0.1, -0.05) is 40.2 Å². The van der Waals surface area contributed by atoms with Crippen molar-refractivity contribution < 1.29 is 4.39 Å². The Morgan fingerprint density at radius 2 is 1.75 bits per heavy atom. The van der Waals surface area contributed by atoms with Crippen LogP contribution in [0.15, 0.2) is 46.9 Å². The van der Waals surface area contributed by atoms with E-state index in [1.54, 1.807) is 13.0 Å². The fraction of sp³-hybridized carbons (Fsp3) is 0.294. The molecule has 0 fully saturated rings. The third-order valence-electron chi connectivity index (χ3n) is 3.54. The predicted molar refractivity (Wildman–Crippen MR) is 85.1 cm³/mol. The maximum absolute atomic E-state index is 13.5. The van der Waals surface area contributed by atoms with Crippen LogP contribution in [0.5, 0.6) is 0 Å². The van der Waals surface area contributed by atoms with Crippen molar-refractivity contribution >= 4 is 15.9 Å². The van der Waals surface area contributed by atoms with Crippen LogP contribution in [0.4, 0.5) is 4.39 Å². The molecule has 0 radical (unpaired) electrons. The Bertz CT molecular complexity index is 590. The van der Waals surface area contributed by atoms with Crippen molar-refractivity contribution in [1.29, 1.82) is 0 Å². The van der Waals surface area contributed by atoms with E-state index in [1.165, 1.54) is 5.56 Å². The second-order valence-corrected chi connectivity index (χ2v) is 6.48. The van der Waals surface area contributed by atoms with E-state index < -0.39 is 0 Å². The summed E-state index contributed by atoms with van der Waals surface area (Å²) < 4.78 is 14.6. The first kappa shape index (κ1) is 15.2. The average molecular weight is 336 g/mol. The van der Waals surface area contributed by atoms with Gasteiger partial charge in [-0.05, 0) is 55.7 Å². The minimum Gasteiger partial charge on any atom is -0.304 e. The second kappa shape index (κ2) is 6.06. The first-order chi connectivity index (χ1) is 9.38. The van der Waals surface area contributed by atoms with Crippen LogP contribution in [0.1, 0.15) is 30.5 Å². The number of rotatable bonds is 4. The van der Waals surface area contributed by atoms with Crippen LogP contribution in [0, 0.1) is 12.7 Å². The molecule has 0 heterocycles. The summed E-state index contributed by atoms with van der Waals surface area (Å²) in [6.07, 6.45) is 0. The third-order valence-corrected chi connectivity index (χ3v) is 4.07. The maximum atomic E-state index is 13.5. The Morgan fingerprint density at radius 3 is 2.35 bits per heavy atom. The van der Waals surface area contributed by atoms with E-state index in [4.69, 9.17) is 0 Å². The molecule has 0 bridgehead atoms. The van der Waals surface area contributed by atoms with Crippen LogP contribution in [0.3, 0.4) is 0 Å². The highest BCUT2D eigenvalue weighted by molar-refractivity contribution is 9.10. The fourth-order valence-electron chi connectivity index (χ4n) is 2.04. The fourth-order valence-corrected chi connectivity index (χ4v) is 2.30. The van der Waals surface area contributed by atoms with Crippen molar-refractivity contribution in [1.82, 2.24) is 5.32 Å². The molecule has 1 nitrogen and oxygen atoms in total. The highest BCUT2D eigenvalue weighted by Gasteiger charge is 2.19. The van der Waals surface area contributed by atoms with Gasteiger partial charge in [-0.2, -0.15) is 0 Å². The van der Waals surface area contributed by atoms with Crippen LogP contribution in [0.25, 0.3) is 0 Å². The molecular weight excluding hydrogens is 317 g/mol. The summed E-state index contributed by atoms with van der Waals surface area (Å²) >= 11 is 3.44. The minimum atomic E-state index is -0.165. The molecule has 2 aromatic rings. The van der Waals surface area contributed by atoms with Gasteiger partial charge in [0.15, 0.2) is 0 Å². The molecule has 0 aliphatic rings. The van der Waals surface area contributed by atoms with E-state index >= 15 is 0 Å². The zero-order chi connectivity index (χ0) is 14.8. The summed E-state index contributed by atoms with van der Waals surface area (Å²) in [5, 5.41) is 3.48. The molecule has 2 rings (SSSR count). The van der Waals surface area contributed by atoms with E-state index in [-0.39, 0.29) is 11.4 Å². The lowest BCUT2D eigenvalue weighted by atomic mass is 9.94. The standard InChI is InChI=1S/C17H19BrFN/c1-12-4-5-13(10-16(12)19)11-20-17(2,3)14-6-8-15(18)9-7-14/h4-10,20H,11H2,1-3H3. The lowest BCUT2D eigenvalue weighted by Crippen LogP contribution is -2.35. The molecule has 2 aromatic carbocycles. The topological polar surface area (TPSA) is 12.0 Å². The Hall–Kier alpha value is -1.19. The minimum absolute atomic E-state index is 0.147. The Balaban J connectivity index is 2.08. The number of hydrogen-bond acceptors (Lipinski definition) is 1. The van der Waals surface area contributed by atoms with Gasteiger partial charge in [0.2, 0.25) is 0 Å². The van der Waals surface area contributed by atoms with Crippen molar-refractivity contribution in [3.8, 4) is 0 Å². The quantitative estimate of drug-likeness (QED) is 0.835.